The molecule has 2 rings (SSSR count). The van der Waals surface area contributed by atoms with Crippen molar-refractivity contribution < 1.29 is 19.5 Å². The van der Waals surface area contributed by atoms with Crippen LogP contribution in [-0.2, 0) is 9.59 Å². The fourth-order valence-corrected chi connectivity index (χ4v) is 3.72. The lowest BCUT2D eigenvalue weighted by atomic mass is 10.1. The molecule has 1 fully saturated rings. The first-order chi connectivity index (χ1) is 12.4. The zero-order valence-corrected chi connectivity index (χ0v) is 16.1. The van der Waals surface area contributed by atoms with Crippen LogP contribution in [0.2, 0.25) is 5.02 Å². The van der Waals surface area contributed by atoms with Gasteiger partial charge in [0.2, 0.25) is 5.91 Å². The van der Waals surface area contributed by atoms with Gasteiger partial charge in [0.1, 0.15) is 6.04 Å². The Balaban J connectivity index is 1.99. The number of amides is 2. The summed E-state index contributed by atoms with van der Waals surface area (Å²) >= 11 is 7.63. The third kappa shape index (κ3) is 5.64. The minimum absolute atomic E-state index is 0.169. The van der Waals surface area contributed by atoms with Crippen LogP contribution in [-0.4, -0.2) is 47.0 Å². The van der Waals surface area contributed by atoms with Crippen molar-refractivity contribution in [3.8, 4) is 0 Å². The highest BCUT2D eigenvalue weighted by Gasteiger charge is 2.32. The van der Waals surface area contributed by atoms with Crippen LogP contribution in [0.1, 0.15) is 36.0 Å². The van der Waals surface area contributed by atoms with Gasteiger partial charge in [-0.3, -0.25) is 14.4 Å². The summed E-state index contributed by atoms with van der Waals surface area (Å²) in [7, 11) is 0. The predicted octanol–water partition coefficient (Wildman–Crippen LogP) is 2.56. The van der Waals surface area contributed by atoms with Gasteiger partial charge in [0.05, 0.1) is 16.5 Å². The molecule has 26 heavy (non-hydrogen) atoms. The lowest BCUT2D eigenvalue weighted by Crippen LogP contribution is -2.49. The number of rotatable bonds is 8. The fraction of sp³-hybridized carbons (Fsp3) is 0.500. The number of carbonyl (C=O) groups is 3. The highest BCUT2D eigenvalue weighted by Crippen LogP contribution is 2.25. The molecule has 0 saturated heterocycles. The number of halogens is 1. The second kappa shape index (κ2) is 9.83. The second-order valence-electron chi connectivity index (χ2n) is 6.34. The molecule has 1 aliphatic rings. The molecule has 1 saturated carbocycles. The van der Waals surface area contributed by atoms with Crippen molar-refractivity contribution in [3.63, 3.8) is 0 Å². The Labute approximate surface area is 162 Å². The van der Waals surface area contributed by atoms with Crippen molar-refractivity contribution in [2.24, 2.45) is 5.92 Å². The normalized spacial score (nSPS) is 20.4. The van der Waals surface area contributed by atoms with Crippen molar-refractivity contribution in [2.75, 3.05) is 12.0 Å². The summed E-state index contributed by atoms with van der Waals surface area (Å²) in [5.74, 6) is -1.21. The monoisotopic (exact) mass is 398 g/mol. The highest BCUT2D eigenvalue weighted by molar-refractivity contribution is 7.98. The first-order valence-corrected chi connectivity index (χ1v) is 10.3. The maximum Gasteiger partial charge on any atom is 0.306 e. The van der Waals surface area contributed by atoms with Crippen molar-refractivity contribution >= 4 is 41.1 Å². The smallest absolute Gasteiger partial charge is 0.306 e. The molecule has 0 aromatic heterocycles. The van der Waals surface area contributed by atoms with Crippen molar-refractivity contribution in [2.45, 2.75) is 37.8 Å². The summed E-state index contributed by atoms with van der Waals surface area (Å²) in [4.78, 5) is 36.1. The van der Waals surface area contributed by atoms with E-state index in [1.165, 1.54) is 0 Å². The molecule has 3 atom stereocenters. The summed E-state index contributed by atoms with van der Waals surface area (Å²) in [6, 6.07) is 5.82. The molecule has 0 bridgehead atoms. The first-order valence-electron chi connectivity index (χ1n) is 8.50. The summed E-state index contributed by atoms with van der Waals surface area (Å²) in [6.07, 6.45) is 4.03. The SMILES string of the molecule is CSCCC(NC(=O)c1ccccc1Cl)C(=O)N[C@H]1CC[C@@H](C(=O)O)C1. The lowest BCUT2D eigenvalue weighted by Gasteiger charge is -2.21. The average Bonchev–Trinajstić information content (AvgIpc) is 3.07. The Kier molecular flexibility index (Phi) is 7.78. The van der Waals surface area contributed by atoms with Crippen molar-refractivity contribution in [1.29, 1.82) is 0 Å². The third-order valence-electron chi connectivity index (χ3n) is 4.48. The first kappa shape index (κ1) is 20.6. The molecule has 142 valence electrons. The van der Waals surface area contributed by atoms with Crippen LogP contribution < -0.4 is 10.6 Å². The number of hydrogen-bond acceptors (Lipinski definition) is 4. The average molecular weight is 399 g/mol. The molecule has 1 aromatic carbocycles. The molecule has 2 amide bonds. The Morgan fingerprint density at radius 3 is 2.65 bits per heavy atom. The van der Waals surface area contributed by atoms with Crippen molar-refractivity contribution in [3.05, 3.63) is 34.9 Å². The molecule has 0 heterocycles. The summed E-state index contributed by atoms with van der Waals surface area (Å²) in [5, 5.41) is 15.0. The highest BCUT2D eigenvalue weighted by atomic mass is 35.5. The topological polar surface area (TPSA) is 95.5 Å². The van der Waals surface area contributed by atoms with Crippen LogP contribution in [0.3, 0.4) is 0 Å². The molecule has 0 spiro atoms. The standard InChI is InChI=1S/C18H23ClN2O4S/c1-26-9-8-15(21-16(22)13-4-2-3-5-14(13)19)17(23)20-12-7-6-11(10-12)18(24)25/h2-5,11-12,15H,6-10H2,1H3,(H,20,23)(H,21,22)(H,24,25)/t11-,12+,15?/m1/s1. The molecule has 3 N–H and O–H groups in total. The zero-order valence-electron chi connectivity index (χ0n) is 14.5. The number of carbonyl (C=O) groups excluding carboxylic acids is 2. The molecule has 1 aromatic rings. The molecule has 1 aliphatic carbocycles. The van der Waals surface area contributed by atoms with E-state index in [2.05, 4.69) is 10.6 Å². The van der Waals surface area contributed by atoms with Gasteiger partial charge in [0, 0.05) is 6.04 Å². The lowest BCUT2D eigenvalue weighted by molar-refractivity contribution is -0.141. The number of thioether (sulfide) groups is 1. The van der Waals surface area contributed by atoms with Crippen LogP contribution >= 0.6 is 23.4 Å². The second-order valence-corrected chi connectivity index (χ2v) is 7.73. The fourth-order valence-electron chi connectivity index (χ4n) is 3.02. The molecule has 8 heteroatoms. The molecule has 0 radical (unpaired) electrons. The van der Waals surface area contributed by atoms with Gasteiger partial charge in [0.25, 0.3) is 5.91 Å². The van der Waals surface area contributed by atoms with Gasteiger partial charge >= 0.3 is 5.97 Å². The van der Waals surface area contributed by atoms with Gasteiger partial charge in [-0.05, 0) is 49.8 Å². The summed E-state index contributed by atoms with van der Waals surface area (Å²) < 4.78 is 0. The summed E-state index contributed by atoms with van der Waals surface area (Å²) in [5.41, 5.74) is 0.322. The maximum atomic E-state index is 12.6. The van der Waals surface area contributed by atoms with Crippen LogP contribution in [0, 0.1) is 5.92 Å². The Morgan fingerprint density at radius 1 is 1.31 bits per heavy atom. The van der Waals surface area contributed by atoms with Gasteiger partial charge in [-0.1, -0.05) is 23.7 Å². The Morgan fingerprint density at radius 2 is 2.04 bits per heavy atom. The van der Waals surface area contributed by atoms with E-state index in [1.54, 1.807) is 36.0 Å². The van der Waals surface area contributed by atoms with Crippen LogP contribution in [0.4, 0.5) is 0 Å². The number of nitrogens with one attached hydrogen (secondary N) is 2. The Hall–Kier alpha value is -1.73. The minimum atomic E-state index is -0.826. The quantitative estimate of drug-likeness (QED) is 0.625. The summed E-state index contributed by atoms with van der Waals surface area (Å²) in [6.45, 7) is 0. The zero-order chi connectivity index (χ0) is 19.1. The largest absolute Gasteiger partial charge is 0.481 e. The van der Waals surface area contributed by atoms with E-state index in [0.717, 1.165) is 0 Å². The minimum Gasteiger partial charge on any atom is -0.481 e. The Bertz CT molecular complexity index is 670. The van der Waals surface area contributed by atoms with Crippen LogP contribution in [0.5, 0.6) is 0 Å². The third-order valence-corrected chi connectivity index (χ3v) is 5.45. The van der Waals surface area contributed by atoms with E-state index in [9.17, 15) is 14.4 Å². The molecular weight excluding hydrogens is 376 g/mol. The van der Waals surface area contributed by atoms with E-state index in [-0.39, 0.29) is 11.9 Å². The van der Waals surface area contributed by atoms with E-state index >= 15 is 0 Å². The van der Waals surface area contributed by atoms with Gasteiger partial charge in [-0.15, -0.1) is 0 Å². The molecular formula is C18H23ClN2O4S. The predicted molar refractivity (Wildman–Crippen MR) is 103 cm³/mol. The number of benzene rings is 1. The number of aliphatic carboxylic acids is 1. The maximum absolute atomic E-state index is 12.6. The number of hydrogen-bond donors (Lipinski definition) is 3. The van der Waals surface area contributed by atoms with Crippen LogP contribution in [0.25, 0.3) is 0 Å². The van der Waals surface area contributed by atoms with Gasteiger partial charge in [0.15, 0.2) is 0 Å². The van der Waals surface area contributed by atoms with E-state index in [0.29, 0.717) is 42.0 Å². The van der Waals surface area contributed by atoms with E-state index in [1.807, 2.05) is 6.26 Å². The van der Waals surface area contributed by atoms with Gasteiger partial charge in [-0.25, -0.2) is 0 Å². The van der Waals surface area contributed by atoms with E-state index < -0.39 is 23.8 Å². The molecule has 6 nitrogen and oxygen atoms in total. The van der Waals surface area contributed by atoms with Gasteiger partial charge < -0.3 is 15.7 Å². The van der Waals surface area contributed by atoms with E-state index in [4.69, 9.17) is 16.7 Å². The molecule has 0 aliphatic heterocycles. The molecule has 1 unspecified atom stereocenters. The number of carboxylic acid groups (broad SMARTS) is 1. The number of carboxylic acids is 1. The van der Waals surface area contributed by atoms with Crippen molar-refractivity contribution in [1.82, 2.24) is 10.6 Å². The van der Waals surface area contributed by atoms with Gasteiger partial charge in [-0.2, -0.15) is 11.8 Å². The van der Waals surface area contributed by atoms with Crippen LogP contribution in [0.15, 0.2) is 24.3 Å².